The van der Waals surface area contributed by atoms with E-state index >= 15 is 0 Å². The van der Waals surface area contributed by atoms with Gasteiger partial charge in [-0.15, -0.1) is 0 Å². The Morgan fingerprint density at radius 1 is 1.24 bits per heavy atom. The molecule has 2 unspecified atom stereocenters. The van der Waals surface area contributed by atoms with Gasteiger partial charge in [0.15, 0.2) is 0 Å². The van der Waals surface area contributed by atoms with Crippen LogP contribution in [0.4, 0.5) is 0 Å². The maximum absolute atomic E-state index is 12.4. The monoisotopic (exact) mass is 305 g/mol. The van der Waals surface area contributed by atoms with Crippen molar-refractivity contribution in [2.24, 2.45) is 0 Å². The quantitative estimate of drug-likeness (QED) is 0.938. The first-order valence-corrected chi connectivity index (χ1v) is 7.36. The average Bonchev–Trinajstić information content (AvgIpc) is 2.75. The van der Waals surface area contributed by atoms with Crippen molar-refractivity contribution in [1.29, 1.82) is 0 Å². The van der Waals surface area contributed by atoms with E-state index in [1.165, 1.54) is 0 Å². The van der Waals surface area contributed by atoms with E-state index in [1.54, 1.807) is 4.68 Å². The second-order valence-electron chi connectivity index (χ2n) is 5.25. The van der Waals surface area contributed by atoms with Crippen LogP contribution in [-0.2, 0) is 4.79 Å². The molecule has 0 fully saturated rings. The van der Waals surface area contributed by atoms with Gasteiger partial charge in [0.25, 0.3) is 0 Å². The largest absolute Gasteiger partial charge is 0.348 e. The number of nitrogens with zero attached hydrogens (tertiary/aromatic N) is 2. The zero-order chi connectivity index (χ0) is 15.6. The summed E-state index contributed by atoms with van der Waals surface area (Å²) in [5.41, 5.74) is 2.62. The zero-order valence-corrected chi connectivity index (χ0v) is 13.5. The minimum Gasteiger partial charge on any atom is -0.348 e. The van der Waals surface area contributed by atoms with E-state index in [9.17, 15) is 4.79 Å². The van der Waals surface area contributed by atoms with Gasteiger partial charge in [0.2, 0.25) is 5.91 Å². The van der Waals surface area contributed by atoms with Gasteiger partial charge in [0.05, 0.1) is 22.5 Å². The fourth-order valence-electron chi connectivity index (χ4n) is 2.29. The highest BCUT2D eigenvalue weighted by atomic mass is 35.5. The molecule has 0 aliphatic heterocycles. The average molecular weight is 306 g/mol. The van der Waals surface area contributed by atoms with Gasteiger partial charge in [-0.2, -0.15) is 5.10 Å². The summed E-state index contributed by atoms with van der Waals surface area (Å²) in [5, 5.41) is 7.96. The zero-order valence-electron chi connectivity index (χ0n) is 12.7. The van der Waals surface area contributed by atoms with E-state index < -0.39 is 6.04 Å². The van der Waals surface area contributed by atoms with Crippen LogP contribution in [0.15, 0.2) is 30.3 Å². The maximum atomic E-state index is 12.4. The molecule has 1 N–H and O–H groups in total. The van der Waals surface area contributed by atoms with Crippen molar-refractivity contribution in [2.75, 3.05) is 0 Å². The van der Waals surface area contributed by atoms with Gasteiger partial charge in [-0.1, -0.05) is 41.9 Å². The lowest BCUT2D eigenvalue weighted by molar-refractivity contribution is -0.124. The molecule has 0 aliphatic carbocycles. The van der Waals surface area contributed by atoms with Crippen LogP contribution >= 0.6 is 11.6 Å². The first-order valence-electron chi connectivity index (χ1n) is 6.98. The van der Waals surface area contributed by atoms with Crippen molar-refractivity contribution in [2.45, 2.75) is 39.8 Å². The van der Waals surface area contributed by atoms with E-state index in [2.05, 4.69) is 10.4 Å². The Kier molecular flexibility index (Phi) is 4.68. The molecule has 5 heteroatoms. The Hall–Kier alpha value is -1.81. The van der Waals surface area contributed by atoms with Crippen molar-refractivity contribution >= 4 is 17.5 Å². The number of amides is 1. The van der Waals surface area contributed by atoms with Gasteiger partial charge < -0.3 is 5.32 Å². The van der Waals surface area contributed by atoms with Crippen LogP contribution in [-0.4, -0.2) is 15.7 Å². The highest BCUT2D eigenvalue weighted by molar-refractivity contribution is 6.31. The molecule has 112 valence electrons. The predicted octanol–water partition coefficient (Wildman–Crippen LogP) is 3.59. The lowest BCUT2D eigenvalue weighted by Gasteiger charge is -2.19. The first kappa shape index (κ1) is 15.6. The standard InChI is InChI=1S/C16H20ClN3O/c1-10(14-8-6-5-7-9-14)18-16(21)13(4)20-12(3)15(17)11(2)19-20/h5-10,13H,1-4H3,(H,18,21). The van der Waals surface area contributed by atoms with Crippen molar-refractivity contribution < 1.29 is 4.79 Å². The fourth-order valence-corrected chi connectivity index (χ4v) is 2.41. The van der Waals surface area contributed by atoms with Crippen LogP contribution in [0.2, 0.25) is 5.02 Å². The lowest BCUT2D eigenvalue weighted by atomic mass is 10.1. The van der Waals surface area contributed by atoms with Crippen molar-refractivity contribution in [3.8, 4) is 0 Å². The molecule has 0 bridgehead atoms. The molecule has 1 heterocycles. The second kappa shape index (κ2) is 6.31. The summed E-state index contributed by atoms with van der Waals surface area (Å²) in [5.74, 6) is -0.0754. The molecule has 1 aromatic carbocycles. The van der Waals surface area contributed by atoms with E-state index in [1.807, 2.05) is 58.0 Å². The van der Waals surface area contributed by atoms with Crippen LogP contribution in [0.25, 0.3) is 0 Å². The number of aryl methyl sites for hydroxylation is 1. The van der Waals surface area contributed by atoms with E-state index in [0.717, 1.165) is 17.0 Å². The molecule has 4 nitrogen and oxygen atoms in total. The molecule has 2 aromatic rings. The maximum Gasteiger partial charge on any atom is 0.245 e. The minimum atomic E-state index is -0.401. The summed E-state index contributed by atoms with van der Waals surface area (Å²) in [4.78, 5) is 12.4. The number of halogens is 1. The fraction of sp³-hybridized carbons (Fsp3) is 0.375. The van der Waals surface area contributed by atoms with Crippen LogP contribution in [0.5, 0.6) is 0 Å². The molecule has 0 radical (unpaired) electrons. The summed E-state index contributed by atoms with van der Waals surface area (Å²) in [6.45, 7) is 7.49. The molecule has 1 aromatic heterocycles. The smallest absolute Gasteiger partial charge is 0.245 e. The topological polar surface area (TPSA) is 46.9 Å². The van der Waals surface area contributed by atoms with E-state index in [-0.39, 0.29) is 11.9 Å². The minimum absolute atomic E-state index is 0.0476. The third-order valence-electron chi connectivity index (χ3n) is 3.64. The second-order valence-corrected chi connectivity index (χ2v) is 5.62. The normalized spacial score (nSPS) is 13.8. The highest BCUT2D eigenvalue weighted by Crippen LogP contribution is 2.22. The Morgan fingerprint density at radius 3 is 2.38 bits per heavy atom. The molecular formula is C16H20ClN3O. The van der Waals surface area contributed by atoms with Crippen molar-refractivity contribution in [3.63, 3.8) is 0 Å². The van der Waals surface area contributed by atoms with Crippen molar-refractivity contribution in [1.82, 2.24) is 15.1 Å². The summed E-state index contributed by atoms with van der Waals surface area (Å²) in [6.07, 6.45) is 0. The molecule has 1 amide bonds. The van der Waals surface area contributed by atoms with E-state index in [0.29, 0.717) is 5.02 Å². The van der Waals surface area contributed by atoms with Gasteiger partial charge in [0, 0.05) is 0 Å². The van der Waals surface area contributed by atoms with Gasteiger partial charge in [-0.25, -0.2) is 0 Å². The summed E-state index contributed by atoms with van der Waals surface area (Å²) >= 11 is 6.13. The van der Waals surface area contributed by atoms with Crippen molar-refractivity contribution in [3.05, 3.63) is 52.3 Å². The summed E-state index contributed by atoms with van der Waals surface area (Å²) in [7, 11) is 0. The highest BCUT2D eigenvalue weighted by Gasteiger charge is 2.21. The molecule has 0 saturated heterocycles. The SMILES string of the molecule is Cc1nn(C(C)C(=O)NC(C)c2ccccc2)c(C)c1Cl. The first-order chi connectivity index (χ1) is 9.91. The third kappa shape index (κ3) is 3.27. The van der Waals surface area contributed by atoms with E-state index in [4.69, 9.17) is 11.6 Å². The molecular weight excluding hydrogens is 286 g/mol. The van der Waals surface area contributed by atoms with Crippen LogP contribution in [0.3, 0.4) is 0 Å². The van der Waals surface area contributed by atoms with Crippen LogP contribution < -0.4 is 5.32 Å². The number of nitrogens with one attached hydrogen (secondary N) is 1. The predicted molar refractivity (Wildman–Crippen MR) is 84.4 cm³/mol. The number of aromatic nitrogens is 2. The molecule has 0 aliphatic rings. The number of rotatable bonds is 4. The lowest BCUT2D eigenvalue weighted by Crippen LogP contribution is -2.33. The molecule has 2 rings (SSSR count). The van der Waals surface area contributed by atoms with Gasteiger partial charge in [0.1, 0.15) is 6.04 Å². The molecule has 0 saturated carbocycles. The summed E-state index contributed by atoms with van der Waals surface area (Å²) < 4.78 is 1.67. The van der Waals surface area contributed by atoms with Gasteiger partial charge in [-0.3, -0.25) is 9.48 Å². The Morgan fingerprint density at radius 2 is 1.86 bits per heavy atom. The third-order valence-corrected chi connectivity index (χ3v) is 4.19. The molecule has 0 spiro atoms. The number of hydrogen-bond donors (Lipinski definition) is 1. The number of carbonyl (C=O) groups excluding carboxylic acids is 1. The molecule has 21 heavy (non-hydrogen) atoms. The van der Waals surface area contributed by atoms with Gasteiger partial charge in [-0.05, 0) is 33.3 Å². The van der Waals surface area contributed by atoms with Crippen LogP contribution in [0.1, 0.15) is 42.9 Å². The Balaban J connectivity index is 2.11. The molecule has 2 atom stereocenters. The number of benzene rings is 1. The van der Waals surface area contributed by atoms with Gasteiger partial charge >= 0.3 is 0 Å². The Labute approximate surface area is 130 Å². The number of hydrogen-bond acceptors (Lipinski definition) is 2. The number of carbonyl (C=O) groups is 1. The Bertz CT molecular complexity index is 636. The van der Waals surface area contributed by atoms with Crippen LogP contribution in [0, 0.1) is 13.8 Å². The summed E-state index contributed by atoms with van der Waals surface area (Å²) in [6, 6.07) is 9.42.